The first-order chi connectivity index (χ1) is 7.22. The van der Waals surface area contributed by atoms with Gasteiger partial charge in [-0.05, 0) is 38.5 Å². The summed E-state index contributed by atoms with van der Waals surface area (Å²) in [6, 6.07) is 0.830. The molecule has 0 aromatic carbocycles. The van der Waals surface area contributed by atoms with Gasteiger partial charge in [0, 0.05) is 24.5 Å². The van der Waals surface area contributed by atoms with Gasteiger partial charge in [0.1, 0.15) is 0 Å². The Balaban J connectivity index is 1.91. The zero-order valence-electron chi connectivity index (χ0n) is 9.61. The number of hydrogen-bond acceptors (Lipinski definition) is 2. The lowest BCUT2D eigenvalue weighted by atomic mass is 10.1. The van der Waals surface area contributed by atoms with Crippen molar-refractivity contribution in [1.29, 1.82) is 0 Å². The minimum Gasteiger partial charge on any atom is -0.339 e. The maximum absolute atomic E-state index is 12.2. The van der Waals surface area contributed by atoms with Gasteiger partial charge in [0.2, 0.25) is 5.91 Å². The summed E-state index contributed by atoms with van der Waals surface area (Å²) in [4.78, 5) is 14.3. The summed E-state index contributed by atoms with van der Waals surface area (Å²) in [5.74, 6) is 0.611. The predicted molar refractivity (Wildman–Crippen MR) is 60.3 cm³/mol. The minimum absolute atomic E-state index is 0.229. The van der Waals surface area contributed by atoms with E-state index < -0.39 is 0 Å². The van der Waals surface area contributed by atoms with Gasteiger partial charge in [0.25, 0.3) is 0 Å². The molecule has 0 aromatic heterocycles. The molecule has 2 atom stereocenters. The number of carbonyl (C=O) groups excluding carboxylic acids is 1. The van der Waals surface area contributed by atoms with E-state index in [1.165, 1.54) is 12.8 Å². The molecule has 0 spiro atoms. The molecule has 15 heavy (non-hydrogen) atoms. The van der Waals surface area contributed by atoms with Crippen LogP contribution in [0.1, 0.15) is 45.4 Å². The lowest BCUT2D eigenvalue weighted by Crippen LogP contribution is -2.38. The second-order valence-corrected chi connectivity index (χ2v) is 5.03. The first-order valence-electron chi connectivity index (χ1n) is 6.28. The van der Waals surface area contributed by atoms with E-state index in [4.69, 9.17) is 5.73 Å². The maximum atomic E-state index is 12.2. The van der Waals surface area contributed by atoms with Crippen molar-refractivity contribution in [2.75, 3.05) is 6.54 Å². The van der Waals surface area contributed by atoms with Gasteiger partial charge in [-0.2, -0.15) is 0 Å². The summed E-state index contributed by atoms with van der Waals surface area (Å²) < 4.78 is 0. The van der Waals surface area contributed by atoms with Crippen LogP contribution in [0.25, 0.3) is 0 Å². The van der Waals surface area contributed by atoms with Crippen LogP contribution in [0.5, 0.6) is 0 Å². The number of amides is 1. The van der Waals surface area contributed by atoms with E-state index in [-0.39, 0.29) is 12.0 Å². The highest BCUT2D eigenvalue weighted by molar-refractivity contribution is 5.79. The molecule has 2 fully saturated rings. The molecule has 0 radical (unpaired) electrons. The van der Waals surface area contributed by atoms with E-state index in [1.54, 1.807) is 0 Å². The fraction of sp³-hybridized carbons (Fsp3) is 0.917. The van der Waals surface area contributed by atoms with Crippen LogP contribution in [-0.2, 0) is 4.79 Å². The monoisotopic (exact) mass is 210 g/mol. The molecule has 2 aliphatic carbocycles. The maximum Gasteiger partial charge on any atom is 0.225 e. The highest BCUT2D eigenvalue weighted by Gasteiger charge is 2.37. The standard InChI is InChI=1S/C12H22N2O/c1-2-7-14(11-5-6-11)12(15)9-3-4-10(13)8-9/h9-11H,2-8,13H2,1H3. The van der Waals surface area contributed by atoms with Crippen LogP contribution in [-0.4, -0.2) is 29.4 Å². The molecule has 2 saturated carbocycles. The molecule has 0 bridgehead atoms. The molecule has 0 saturated heterocycles. The van der Waals surface area contributed by atoms with E-state index in [1.807, 2.05) is 0 Å². The summed E-state index contributed by atoms with van der Waals surface area (Å²) in [7, 11) is 0. The highest BCUT2D eigenvalue weighted by atomic mass is 16.2. The molecule has 3 heteroatoms. The predicted octanol–water partition coefficient (Wildman–Crippen LogP) is 1.51. The Morgan fingerprint density at radius 1 is 1.33 bits per heavy atom. The van der Waals surface area contributed by atoms with E-state index in [0.717, 1.165) is 32.2 Å². The Morgan fingerprint density at radius 2 is 2.07 bits per heavy atom. The molecule has 0 heterocycles. The number of rotatable bonds is 4. The van der Waals surface area contributed by atoms with Crippen LogP contribution in [0.15, 0.2) is 0 Å². The molecule has 2 aliphatic rings. The van der Waals surface area contributed by atoms with Gasteiger partial charge in [-0.15, -0.1) is 0 Å². The quantitative estimate of drug-likeness (QED) is 0.764. The van der Waals surface area contributed by atoms with Gasteiger partial charge in [-0.1, -0.05) is 6.92 Å². The molecule has 2 rings (SSSR count). The first-order valence-corrected chi connectivity index (χ1v) is 6.28. The van der Waals surface area contributed by atoms with E-state index in [9.17, 15) is 4.79 Å². The Hall–Kier alpha value is -0.570. The van der Waals surface area contributed by atoms with Gasteiger partial charge in [0.15, 0.2) is 0 Å². The summed E-state index contributed by atoms with van der Waals surface area (Å²) in [5, 5.41) is 0. The van der Waals surface area contributed by atoms with Crippen molar-refractivity contribution in [1.82, 2.24) is 4.90 Å². The largest absolute Gasteiger partial charge is 0.339 e. The molecule has 0 aromatic rings. The average molecular weight is 210 g/mol. The van der Waals surface area contributed by atoms with Crippen LogP contribution in [0.4, 0.5) is 0 Å². The SMILES string of the molecule is CCCN(C(=O)C1CCC(N)C1)C1CC1. The van der Waals surface area contributed by atoms with Crippen molar-refractivity contribution in [2.24, 2.45) is 11.7 Å². The first kappa shape index (κ1) is 10.9. The Labute approximate surface area is 92.0 Å². The summed E-state index contributed by atoms with van der Waals surface area (Å²) in [5.41, 5.74) is 5.86. The third-order valence-electron chi connectivity index (χ3n) is 3.56. The Kier molecular flexibility index (Phi) is 3.29. The van der Waals surface area contributed by atoms with Crippen LogP contribution in [0, 0.1) is 5.92 Å². The topological polar surface area (TPSA) is 46.3 Å². The zero-order valence-corrected chi connectivity index (χ0v) is 9.61. The molecular formula is C12H22N2O. The van der Waals surface area contributed by atoms with Crippen molar-refractivity contribution in [2.45, 2.75) is 57.5 Å². The average Bonchev–Trinajstić information content (AvgIpc) is 2.96. The number of nitrogens with zero attached hydrogens (tertiary/aromatic N) is 1. The number of hydrogen-bond donors (Lipinski definition) is 1. The lowest BCUT2D eigenvalue weighted by molar-refractivity contribution is -0.136. The smallest absolute Gasteiger partial charge is 0.225 e. The minimum atomic E-state index is 0.229. The van der Waals surface area contributed by atoms with E-state index in [2.05, 4.69) is 11.8 Å². The van der Waals surface area contributed by atoms with Gasteiger partial charge in [0.05, 0.1) is 0 Å². The molecule has 2 N–H and O–H groups in total. The second kappa shape index (κ2) is 4.52. The normalized spacial score (nSPS) is 30.5. The van der Waals surface area contributed by atoms with Crippen LogP contribution in [0.2, 0.25) is 0 Å². The van der Waals surface area contributed by atoms with Gasteiger partial charge >= 0.3 is 0 Å². The van der Waals surface area contributed by atoms with Crippen LogP contribution >= 0.6 is 0 Å². The Bertz CT molecular complexity index is 238. The third kappa shape index (κ3) is 2.51. The third-order valence-corrected chi connectivity index (χ3v) is 3.56. The van der Waals surface area contributed by atoms with E-state index in [0.29, 0.717) is 11.9 Å². The number of nitrogens with two attached hydrogens (primary N) is 1. The fourth-order valence-electron chi connectivity index (χ4n) is 2.58. The van der Waals surface area contributed by atoms with Crippen LogP contribution in [0.3, 0.4) is 0 Å². The van der Waals surface area contributed by atoms with Crippen molar-refractivity contribution < 1.29 is 4.79 Å². The molecule has 86 valence electrons. The van der Waals surface area contributed by atoms with Gasteiger partial charge in [-0.25, -0.2) is 0 Å². The molecule has 1 amide bonds. The zero-order chi connectivity index (χ0) is 10.8. The second-order valence-electron chi connectivity index (χ2n) is 5.03. The molecule has 0 aliphatic heterocycles. The van der Waals surface area contributed by atoms with Crippen molar-refractivity contribution >= 4 is 5.91 Å². The molecular weight excluding hydrogens is 188 g/mol. The van der Waals surface area contributed by atoms with Crippen LogP contribution < -0.4 is 5.73 Å². The number of carbonyl (C=O) groups is 1. The molecule has 3 nitrogen and oxygen atoms in total. The van der Waals surface area contributed by atoms with Crippen molar-refractivity contribution in [3.8, 4) is 0 Å². The van der Waals surface area contributed by atoms with E-state index >= 15 is 0 Å². The van der Waals surface area contributed by atoms with Gasteiger partial charge < -0.3 is 10.6 Å². The fourth-order valence-corrected chi connectivity index (χ4v) is 2.58. The summed E-state index contributed by atoms with van der Waals surface area (Å²) in [6.45, 7) is 3.08. The molecule has 2 unspecified atom stereocenters. The van der Waals surface area contributed by atoms with Crippen molar-refractivity contribution in [3.05, 3.63) is 0 Å². The van der Waals surface area contributed by atoms with Crippen molar-refractivity contribution in [3.63, 3.8) is 0 Å². The van der Waals surface area contributed by atoms with Gasteiger partial charge in [-0.3, -0.25) is 4.79 Å². The Morgan fingerprint density at radius 3 is 2.53 bits per heavy atom. The lowest BCUT2D eigenvalue weighted by Gasteiger charge is -2.25. The summed E-state index contributed by atoms with van der Waals surface area (Å²) in [6.07, 6.45) is 6.44. The summed E-state index contributed by atoms with van der Waals surface area (Å²) >= 11 is 0. The highest BCUT2D eigenvalue weighted by Crippen LogP contribution is 2.32.